The van der Waals surface area contributed by atoms with Gasteiger partial charge in [-0.15, -0.1) is 0 Å². The van der Waals surface area contributed by atoms with Crippen LogP contribution in [0.4, 0.5) is 5.13 Å². The molecule has 3 aromatic rings. The Hall–Kier alpha value is -1.92. The highest BCUT2D eigenvalue weighted by molar-refractivity contribution is 9.10. The van der Waals surface area contributed by atoms with Crippen molar-refractivity contribution in [3.63, 3.8) is 0 Å². The number of hydrogen-bond acceptors (Lipinski definition) is 4. The lowest BCUT2D eigenvalue weighted by Gasteiger charge is -2.14. The van der Waals surface area contributed by atoms with Gasteiger partial charge in [-0.05, 0) is 41.8 Å². The molecule has 1 amide bonds. The maximum Gasteiger partial charge on any atom is 0.264 e. The smallest absolute Gasteiger partial charge is 0.264 e. The molecule has 124 valence electrons. The molecular formula is C18H17BrN2O2S. The van der Waals surface area contributed by atoms with Crippen LogP contribution in [0.2, 0.25) is 0 Å². The SMILES string of the molecule is CC(C)c1cc(Br)ccc1OCC(=O)Nc1nc2ccccc2s1. The number of rotatable bonds is 5. The fourth-order valence-corrected chi connectivity index (χ4v) is 3.59. The minimum absolute atomic E-state index is 0.0444. The minimum Gasteiger partial charge on any atom is -0.483 e. The molecular weight excluding hydrogens is 388 g/mol. The highest BCUT2D eigenvalue weighted by atomic mass is 79.9. The highest BCUT2D eigenvalue weighted by Crippen LogP contribution is 2.30. The molecule has 1 heterocycles. The average Bonchev–Trinajstić information content (AvgIpc) is 2.95. The fraction of sp³-hybridized carbons (Fsp3) is 0.222. The van der Waals surface area contributed by atoms with Gasteiger partial charge in [-0.3, -0.25) is 10.1 Å². The number of anilines is 1. The number of amides is 1. The first-order valence-electron chi connectivity index (χ1n) is 7.60. The van der Waals surface area contributed by atoms with Gasteiger partial charge in [0.1, 0.15) is 5.75 Å². The monoisotopic (exact) mass is 404 g/mol. The molecule has 0 spiro atoms. The van der Waals surface area contributed by atoms with Gasteiger partial charge >= 0.3 is 0 Å². The zero-order chi connectivity index (χ0) is 17.1. The van der Waals surface area contributed by atoms with Gasteiger partial charge in [0.2, 0.25) is 0 Å². The number of benzene rings is 2. The number of para-hydroxylation sites is 1. The molecule has 0 aliphatic heterocycles. The minimum atomic E-state index is -0.216. The van der Waals surface area contributed by atoms with Crippen LogP contribution in [0.1, 0.15) is 25.3 Å². The lowest BCUT2D eigenvalue weighted by atomic mass is 10.0. The van der Waals surface area contributed by atoms with E-state index in [1.807, 2.05) is 42.5 Å². The second kappa shape index (κ2) is 7.32. The van der Waals surface area contributed by atoms with Gasteiger partial charge in [0.05, 0.1) is 10.2 Å². The van der Waals surface area contributed by atoms with Crippen molar-refractivity contribution in [1.82, 2.24) is 4.98 Å². The van der Waals surface area contributed by atoms with Crippen molar-refractivity contribution in [3.8, 4) is 5.75 Å². The van der Waals surface area contributed by atoms with Crippen LogP contribution in [0, 0.1) is 0 Å². The van der Waals surface area contributed by atoms with Crippen LogP contribution in [-0.4, -0.2) is 17.5 Å². The molecule has 0 aliphatic rings. The van der Waals surface area contributed by atoms with Crippen molar-refractivity contribution in [3.05, 3.63) is 52.5 Å². The topological polar surface area (TPSA) is 51.2 Å². The van der Waals surface area contributed by atoms with E-state index in [0.29, 0.717) is 11.0 Å². The summed E-state index contributed by atoms with van der Waals surface area (Å²) in [5.74, 6) is 0.823. The summed E-state index contributed by atoms with van der Waals surface area (Å²) in [6.07, 6.45) is 0. The molecule has 24 heavy (non-hydrogen) atoms. The molecule has 0 aliphatic carbocycles. The average molecular weight is 405 g/mol. The van der Waals surface area contributed by atoms with Crippen molar-refractivity contribution in [2.75, 3.05) is 11.9 Å². The van der Waals surface area contributed by atoms with Crippen LogP contribution in [-0.2, 0) is 4.79 Å². The van der Waals surface area contributed by atoms with E-state index >= 15 is 0 Å². The Balaban J connectivity index is 1.65. The number of nitrogens with one attached hydrogen (secondary N) is 1. The van der Waals surface area contributed by atoms with Gasteiger partial charge in [-0.2, -0.15) is 0 Å². The third-order valence-corrected chi connectivity index (χ3v) is 4.94. The van der Waals surface area contributed by atoms with Crippen LogP contribution in [0.3, 0.4) is 0 Å². The molecule has 1 N–H and O–H groups in total. The van der Waals surface area contributed by atoms with E-state index in [-0.39, 0.29) is 12.5 Å². The standard InChI is InChI=1S/C18H17BrN2O2S/c1-11(2)13-9-12(19)7-8-15(13)23-10-17(22)21-18-20-14-5-3-4-6-16(14)24-18/h3-9,11H,10H2,1-2H3,(H,20,21,22). The summed E-state index contributed by atoms with van der Waals surface area (Å²) in [5.41, 5.74) is 1.95. The predicted molar refractivity (Wildman–Crippen MR) is 102 cm³/mol. The normalized spacial score (nSPS) is 11.0. The number of fused-ring (bicyclic) bond motifs is 1. The number of carbonyl (C=O) groups is 1. The molecule has 2 aromatic carbocycles. The number of halogens is 1. The van der Waals surface area contributed by atoms with E-state index < -0.39 is 0 Å². The van der Waals surface area contributed by atoms with Gasteiger partial charge in [0.25, 0.3) is 5.91 Å². The Morgan fingerprint density at radius 1 is 1.29 bits per heavy atom. The molecule has 3 rings (SSSR count). The first-order chi connectivity index (χ1) is 11.5. The molecule has 0 radical (unpaired) electrons. The van der Waals surface area contributed by atoms with Gasteiger partial charge in [0, 0.05) is 4.47 Å². The van der Waals surface area contributed by atoms with E-state index in [9.17, 15) is 4.79 Å². The number of thiazole rings is 1. The zero-order valence-corrected chi connectivity index (χ0v) is 15.8. The fourth-order valence-electron chi connectivity index (χ4n) is 2.33. The number of aromatic nitrogens is 1. The molecule has 0 saturated carbocycles. The summed E-state index contributed by atoms with van der Waals surface area (Å²) in [5, 5.41) is 3.38. The first-order valence-corrected chi connectivity index (χ1v) is 9.21. The third kappa shape index (κ3) is 3.94. The molecule has 0 atom stereocenters. The van der Waals surface area contributed by atoms with Gasteiger partial charge in [0.15, 0.2) is 11.7 Å². The molecule has 6 heteroatoms. The number of carbonyl (C=O) groups excluding carboxylic acids is 1. The highest BCUT2D eigenvalue weighted by Gasteiger charge is 2.12. The lowest BCUT2D eigenvalue weighted by molar-refractivity contribution is -0.118. The number of nitrogens with zero attached hydrogens (tertiary/aromatic N) is 1. The summed E-state index contributed by atoms with van der Waals surface area (Å²) in [6.45, 7) is 4.14. The number of hydrogen-bond donors (Lipinski definition) is 1. The van der Waals surface area contributed by atoms with Crippen molar-refractivity contribution in [2.24, 2.45) is 0 Å². The summed E-state index contributed by atoms with van der Waals surface area (Å²) in [6, 6.07) is 13.6. The lowest BCUT2D eigenvalue weighted by Crippen LogP contribution is -2.20. The van der Waals surface area contributed by atoms with E-state index in [4.69, 9.17) is 4.74 Å². The summed E-state index contributed by atoms with van der Waals surface area (Å²) in [7, 11) is 0. The second-order valence-electron chi connectivity index (χ2n) is 5.66. The van der Waals surface area contributed by atoms with Crippen LogP contribution in [0.25, 0.3) is 10.2 Å². The van der Waals surface area contributed by atoms with Crippen molar-refractivity contribution >= 4 is 48.5 Å². The maximum absolute atomic E-state index is 12.1. The van der Waals surface area contributed by atoms with Crippen molar-refractivity contribution in [1.29, 1.82) is 0 Å². The Morgan fingerprint density at radius 2 is 2.08 bits per heavy atom. The largest absolute Gasteiger partial charge is 0.483 e. The summed E-state index contributed by atoms with van der Waals surface area (Å²) >= 11 is 4.92. The van der Waals surface area contributed by atoms with Gasteiger partial charge in [-0.1, -0.05) is 53.2 Å². The van der Waals surface area contributed by atoms with Gasteiger partial charge < -0.3 is 4.74 Å². The van der Waals surface area contributed by atoms with E-state index in [2.05, 4.69) is 40.1 Å². The van der Waals surface area contributed by atoms with E-state index in [1.54, 1.807) is 0 Å². The quantitative estimate of drug-likeness (QED) is 0.635. The van der Waals surface area contributed by atoms with Crippen LogP contribution < -0.4 is 10.1 Å². The summed E-state index contributed by atoms with van der Waals surface area (Å²) < 4.78 is 7.75. The molecule has 0 bridgehead atoms. The molecule has 4 nitrogen and oxygen atoms in total. The predicted octanol–water partition coefficient (Wildman–Crippen LogP) is 5.20. The molecule has 0 saturated heterocycles. The Bertz CT molecular complexity index is 843. The summed E-state index contributed by atoms with van der Waals surface area (Å²) in [4.78, 5) is 16.5. The second-order valence-corrected chi connectivity index (χ2v) is 7.61. The van der Waals surface area contributed by atoms with E-state index in [1.165, 1.54) is 11.3 Å². The van der Waals surface area contributed by atoms with Crippen LogP contribution in [0.5, 0.6) is 5.75 Å². The molecule has 1 aromatic heterocycles. The molecule has 0 fully saturated rings. The van der Waals surface area contributed by atoms with Crippen molar-refractivity contribution in [2.45, 2.75) is 19.8 Å². The van der Waals surface area contributed by atoms with Crippen LogP contribution >= 0.6 is 27.3 Å². The Morgan fingerprint density at radius 3 is 2.83 bits per heavy atom. The third-order valence-electron chi connectivity index (χ3n) is 3.49. The van der Waals surface area contributed by atoms with Gasteiger partial charge in [-0.25, -0.2) is 4.98 Å². The number of ether oxygens (including phenoxy) is 1. The van der Waals surface area contributed by atoms with Crippen molar-refractivity contribution < 1.29 is 9.53 Å². The molecule has 0 unspecified atom stereocenters. The first kappa shape index (κ1) is 16.9. The van der Waals surface area contributed by atoms with Crippen LogP contribution in [0.15, 0.2) is 46.9 Å². The Kier molecular flexibility index (Phi) is 5.16. The zero-order valence-electron chi connectivity index (χ0n) is 13.4. The Labute approximate surface area is 153 Å². The maximum atomic E-state index is 12.1. The van der Waals surface area contributed by atoms with E-state index in [0.717, 1.165) is 26.0 Å².